The predicted octanol–water partition coefficient (Wildman–Crippen LogP) is 19.6. The Morgan fingerprint density at radius 2 is 0.636 bits per heavy atom. The molecule has 17 rings (SSSR count). The average molecular weight is 1210 g/mol. The molecule has 10 aromatic carbocycles. The highest BCUT2D eigenvalue weighted by atomic mass is 35.5. The average Bonchev–Trinajstić information content (AvgIpc) is 3.47. The van der Waals surface area contributed by atoms with Crippen LogP contribution in [0.2, 0.25) is 15.9 Å². The number of furan rings is 4. The Balaban J connectivity index is 0.000000117. The summed E-state index contributed by atoms with van der Waals surface area (Å²) in [7, 11) is -0.343. The summed E-state index contributed by atoms with van der Waals surface area (Å²) in [6.45, 7) is 8.30. The molecule has 0 bridgehead atoms. The van der Waals surface area contributed by atoms with Gasteiger partial charge in [0, 0.05) is 48.7 Å². The lowest BCUT2D eigenvalue weighted by Crippen LogP contribution is -2.41. The van der Waals surface area contributed by atoms with Gasteiger partial charge in [-0.05, 0) is 139 Å². The molecular weight excluding hydrogens is 1160 g/mol. The van der Waals surface area contributed by atoms with E-state index in [0.717, 1.165) is 121 Å². The molecule has 6 aromatic heterocycles. The Hall–Kier alpha value is -9.73. The first-order valence-corrected chi connectivity index (χ1v) is 29.6. The molecule has 0 radical (unpaired) electrons. The largest absolute Gasteiger partial charge is 0.494 e. The number of rotatable bonds is 6. The van der Waals surface area contributed by atoms with E-state index in [1.54, 1.807) is 0 Å². The van der Waals surface area contributed by atoms with Gasteiger partial charge in [-0.15, -0.1) is 0 Å². The normalized spacial score (nSPS) is 13.7. The van der Waals surface area contributed by atoms with E-state index in [-0.39, 0.29) is 34.2 Å². The zero-order valence-electron chi connectivity index (χ0n) is 47.6. The molecule has 0 saturated carbocycles. The lowest BCUT2D eigenvalue weighted by atomic mass is 9.78. The molecule has 0 spiro atoms. The van der Waals surface area contributed by atoms with Gasteiger partial charge in [0.15, 0.2) is 17.5 Å². The van der Waals surface area contributed by atoms with Crippen LogP contribution in [0.15, 0.2) is 236 Å². The number of para-hydroxylation sites is 6. The summed E-state index contributed by atoms with van der Waals surface area (Å²) in [6.07, 6.45) is 0. The van der Waals surface area contributed by atoms with Gasteiger partial charge in [0.2, 0.25) is 15.9 Å². The van der Waals surface area contributed by atoms with Gasteiger partial charge in [0.25, 0.3) is 0 Å². The summed E-state index contributed by atoms with van der Waals surface area (Å²) < 4.78 is 36.6. The third-order valence-corrected chi connectivity index (χ3v) is 17.0. The fourth-order valence-electron chi connectivity index (χ4n) is 11.5. The first-order chi connectivity index (χ1) is 42.8. The van der Waals surface area contributed by atoms with Crippen LogP contribution in [0.3, 0.4) is 0 Å². The first-order valence-electron chi connectivity index (χ1n) is 28.5. The fourth-order valence-corrected chi connectivity index (χ4v) is 12.0. The molecular formula is C72H48BCl3N6O6. The number of aromatic nitrogens is 6. The van der Waals surface area contributed by atoms with Gasteiger partial charge in [0.1, 0.15) is 44.7 Å². The van der Waals surface area contributed by atoms with Crippen LogP contribution in [0.5, 0.6) is 0 Å². The van der Waals surface area contributed by atoms with Crippen molar-refractivity contribution < 1.29 is 27.0 Å². The number of fused-ring (bicyclic) bond motifs is 12. The van der Waals surface area contributed by atoms with Gasteiger partial charge >= 0.3 is 7.12 Å². The van der Waals surface area contributed by atoms with Crippen LogP contribution in [0.1, 0.15) is 27.7 Å². The van der Waals surface area contributed by atoms with Crippen LogP contribution in [0.4, 0.5) is 0 Å². The number of hydrogen-bond donors (Lipinski definition) is 0. The van der Waals surface area contributed by atoms with Gasteiger partial charge < -0.3 is 27.0 Å². The number of benzene rings is 10. The van der Waals surface area contributed by atoms with Gasteiger partial charge in [-0.25, -0.2) is 4.98 Å². The topological polar surface area (TPSA) is 148 Å². The molecule has 0 atom stereocenters. The molecule has 0 aliphatic carbocycles. The van der Waals surface area contributed by atoms with Gasteiger partial charge in [-0.1, -0.05) is 170 Å². The minimum Gasteiger partial charge on any atom is -0.456 e. The van der Waals surface area contributed by atoms with Crippen molar-refractivity contribution in [3.05, 3.63) is 234 Å². The summed E-state index contributed by atoms with van der Waals surface area (Å²) >= 11 is 18.1. The highest BCUT2D eigenvalue weighted by Gasteiger charge is 2.51. The van der Waals surface area contributed by atoms with E-state index < -0.39 is 0 Å². The standard InChI is InChI=1S/C33H18ClN3O2.C24H23BO3.C15H7Cl2N3O/c34-33-36-31(35-32(37-33)25-11-5-10-23-22-7-1-3-12-26(22)39-30(23)25)20-17-15-19(16-18-20)21-9-6-14-28-29(21)24-8-2-4-13-27(24)38-28;1-23(2)24(3,4)28-25(27-23)17-14-12-16(13-15-17)18-9-7-11-21-22(18)19-8-5-6-10-20(19)26-21;16-14-18-13(19-15(17)20-14)10-6-3-5-9-8-4-1-2-7-11(8)21-12(9)10/h1-18H;5-15H,1-4H3;1-7H. The lowest BCUT2D eigenvalue weighted by molar-refractivity contribution is 0.00578. The Kier molecular flexibility index (Phi) is 13.7. The zero-order chi connectivity index (χ0) is 59.8. The van der Waals surface area contributed by atoms with E-state index in [2.05, 4.69) is 119 Å². The molecule has 0 N–H and O–H groups in total. The zero-order valence-corrected chi connectivity index (χ0v) is 49.9. The Bertz CT molecular complexity index is 5340. The molecule has 1 fully saturated rings. The molecule has 0 unspecified atom stereocenters. The molecule has 0 amide bonds. The molecule has 1 aliphatic heterocycles. The first kappa shape index (κ1) is 54.9. The maximum atomic E-state index is 6.41. The van der Waals surface area contributed by atoms with Gasteiger partial charge in [-0.2, -0.15) is 24.9 Å². The molecule has 88 heavy (non-hydrogen) atoms. The Morgan fingerprint density at radius 1 is 0.295 bits per heavy atom. The van der Waals surface area contributed by atoms with Crippen molar-refractivity contribution in [2.75, 3.05) is 0 Å². The molecule has 12 nitrogen and oxygen atoms in total. The van der Waals surface area contributed by atoms with Gasteiger partial charge in [-0.3, -0.25) is 0 Å². The minimum absolute atomic E-state index is 0.0538. The third kappa shape index (κ3) is 9.87. The lowest BCUT2D eigenvalue weighted by Gasteiger charge is -2.32. The quantitative estimate of drug-likeness (QED) is 0.146. The summed E-state index contributed by atoms with van der Waals surface area (Å²) in [6, 6.07) is 72.8. The number of halogens is 3. The second-order valence-electron chi connectivity index (χ2n) is 22.4. The number of hydrogen-bond acceptors (Lipinski definition) is 12. The highest BCUT2D eigenvalue weighted by Crippen LogP contribution is 2.42. The summed E-state index contributed by atoms with van der Waals surface area (Å²) in [5.41, 5.74) is 13.8. The summed E-state index contributed by atoms with van der Waals surface area (Å²) in [5.74, 6) is 1.36. The second-order valence-corrected chi connectivity index (χ2v) is 23.4. The van der Waals surface area contributed by atoms with Crippen LogP contribution in [-0.2, 0) is 9.31 Å². The van der Waals surface area contributed by atoms with Crippen LogP contribution in [-0.4, -0.2) is 48.2 Å². The Morgan fingerprint density at radius 3 is 1.11 bits per heavy atom. The third-order valence-electron chi connectivity index (χ3n) is 16.5. The van der Waals surface area contributed by atoms with Crippen molar-refractivity contribution in [1.29, 1.82) is 0 Å². The van der Waals surface area contributed by atoms with Crippen LogP contribution >= 0.6 is 34.8 Å². The summed E-state index contributed by atoms with van der Waals surface area (Å²) in [4.78, 5) is 25.7. The summed E-state index contributed by atoms with van der Waals surface area (Å²) in [5, 5.41) is 8.82. The monoisotopic (exact) mass is 1210 g/mol. The SMILES string of the molecule is CC1(C)OB(c2ccc(-c3cccc4oc5ccccc5c34)cc2)OC1(C)C.Clc1nc(-c2ccc(-c3cccc4oc5ccccc5c34)cc2)nc(-c2cccc3c2oc2ccccc23)n1.Clc1nc(Cl)nc(-c2cccc3c2oc2ccccc23)n1. The van der Waals surface area contributed by atoms with Crippen molar-refractivity contribution in [1.82, 2.24) is 29.9 Å². The van der Waals surface area contributed by atoms with Crippen LogP contribution in [0, 0.1) is 0 Å². The van der Waals surface area contributed by atoms with Crippen LogP contribution in [0.25, 0.3) is 144 Å². The predicted molar refractivity (Wildman–Crippen MR) is 353 cm³/mol. The minimum atomic E-state index is -0.343. The van der Waals surface area contributed by atoms with Gasteiger partial charge in [0.05, 0.1) is 22.3 Å². The molecule has 7 heterocycles. The molecule has 426 valence electrons. The van der Waals surface area contributed by atoms with Crippen molar-refractivity contribution in [3.63, 3.8) is 0 Å². The fraction of sp³-hybridized carbons (Fsp3) is 0.0833. The molecule has 1 aliphatic rings. The maximum Gasteiger partial charge on any atom is 0.494 e. The smallest absolute Gasteiger partial charge is 0.456 e. The molecule has 16 heteroatoms. The van der Waals surface area contributed by atoms with E-state index in [0.29, 0.717) is 23.1 Å². The molecule has 16 aromatic rings. The highest BCUT2D eigenvalue weighted by molar-refractivity contribution is 6.62. The van der Waals surface area contributed by atoms with Crippen molar-refractivity contribution >= 4 is 135 Å². The van der Waals surface area contributed by atoms with Crippen LogP contribution < -0.4 is 5.46 Å². The van der Waals surface area contributed by atoms with E-state index in [4.69, 9.17) is 66.8 Å². The van der Waals surface area contributed by atoms with Crippen molar-refractivity contribution in [3.8, 4) is 56.4 Å². The van der Waals surface area contributed by atoms with Crippen molar-refractivity contribution in [2.45, 2.75) is 38.9 Å². The van der Waals surface area contributed by atoms with Crippen molar-refractivity contribution in [2.24, 2.45) is 0 Å². The number of nitrogens with zero attached hydrogens (tertiary/aromatic N) is 6. The van der Waals surface area contributed by atoms with E-state index in [9.17, 15) is 0 Å². The maximum absolute atomic E-state index is 6.41. The van der Waals surface area contributed by atoms with E-state index in [1.165, 1.54) is 5.56 Å². The Labute approximate surface area is 518 Å². The molecule has 1 saturated heterocycles. The van der Waals surface area contributed by atoms with E-state index in [1.807, 2.05) is 152 Å². The van der Waals surface area contributed by atoms with E-state index >= 15 is 0 Å². The second kappa shape index (κ2) is 21.9.